The van der Waals surface area contributed by atoms with Gasteiger partial charge in [-0.1, -0.05) is 42.5 Å². The standard InChI is InChI=1S/C22H24FNO3/c1-15-7-8-17(11-20(15)23)22(26)12-18-9-10-19(13-22)24(18)21(25)27-14-16-5-3-2-4-6-16/h2-8,11,18-19,26H,9-10,12-14H2,1H3. The van der Waals surface area contributed by atoms with Crippen LogP contribution in [0.2, 0.25) is 0 Å². The molecule has 0 aromatic heterocycles. The molecule has 0 radical (unpaired) electrons. The van der Waals surface area contributed by atoms with Crippen LogP contribution in [-0.4, -0.2) is 28.2 Å². The number of piperidine rings is 1. The third-order valence-corrected chi connectivity index (χ3v) is 5.89. The van der Waals surface area contributed by atoms with Crippen molar-refractivity contribution in [1.82, 2.24) is 4.90 Å². The van der Waals surface area contributed by atoms with Crippen LogP contribution in [0.4, 0.5) is 9.18 Å². The number of halogens is 1. The summed E-state index contributed by atoms with van der Waals surface area (Å²) in [4.78, 5) is 14.4. The molecule has 2 aromatic carbocycles. The summed E-state index contributed by atoms with van der Waals surface area (Å²) in [5, 5.41) is 11.2. The molecule has 2 aliphatic heterocycles. The molecule has 2 aliphatic rings. The number of carbonyl (C=O) groups is 1. The van der Waals surface area contributed by atoms with E-state index in [-0.39, 0.29) is 30.6 Å². The van der Waals surface area contributed by atoms with E-state index in [4.69, 9.17) is 4.74 Å². The van der Waals surface area contributed by atoms with Gasteiger partial charge in [-0.15, -0.1) is 0 Å². The molecule has 142 valence electrons. The van der Waals surface area contributed by atoms with E-state index in [0.717, 1.165) is 18.4 Å². The number of carbonyl (C=O) groups excluding carboxylic acids is 1. The number of ether oxygens (including phenoxy) is 1. The second-order valence-corrected chi connectivity index (χ2v) is 7.74. The molecule has 4 rings (SSSR count). The zero-order valence-electron chi connectivity index (χ0n) is 15.4. The SMILES string of the molecule is Cc1ccc(C2(O)CC3CCC(C2)N3C(=O)OCc2ccccc2)cc1F. The average Bonchev–Trinajstić information content (AvgIpc) is 2.95. The Kier molecular flexibility index (Phi) is 4.64. The molecule has 2 unspecified atom stereocenters. The Morgan fingerprint density at radius 2 is 1.85 bits per heavy atom. The predicted octanol–water partition coefficient (Wildman–Crippen LogP) is 4.29. The van der Waals surface area contributed by atoms with Crippen LogP contribution in [-0.2, 0) is 16.9 Å². The topological polar surface area (TPSA) is 49.8 Å². The third kappa shape index (κ3) is 3.44. The fourth-order valence-electron chi connectivity index (χ4n) is 4.43. The van der Waals surface area contributed by atoms with Crippen molar-refractivity contribution in [1.29, 1.82) is 0 Å². The van der Waals surface area contributed by atoms with Gasteiger partial charge in [0.15, 0.2) is 0 Å². The smallest absolute Gasteiger partial charge is 0.410 e. The van der Waals surface area contributed by atoms with E-state index < -0.39 is 5.60 Å². The Bertz CT molecular complexity index is 825. The lowest BCUT2D eigenvalue weighted by Gasteiger charge is -2.43. The molecule has 0 aliphatic carbocycles. The van der Waals surface area contributed by atoms with E-state index in [1.165, 1.54) is 6.07 Å². The maximum atomic E-state index is 14.0. The summed E-state index contributed by atoms with van der Waals surface area (Å²) in [5.41, 5.74) is 1.00. The Labute approximate surface area is 158 Å². The summed E-state index contributed by atoms with van der Waals surface area (Å²) in [6, 6.07) is 14.3. The van der Waals surface area contributed by atoms with E-state index in [0.29, 0.717) is 24.0 Å². The first-order chi connectivity index (χ1) is 13.0. The molecule has 0 spiro atoms. The largest absolute Gasteiger partial charge is 0.445 e. The average molecular weight is 369 g/mol. The molecular formula is C22H24FNO3. The summed E-state index contributed by atoms with van der Waals surface area (Å²) in [5.74, 6) is -0.307. The number of hydrogen-bond donors (Lipinski definition) is 1. The van der Waals surface area contributed by atoms with E-state index >= 15 is 0 Å². The summed E-state index contributed by atoms with van der Waals surface area (Å²) >= 11 is 0. The summed E-state index contributed by atoms with van der Waals surface area (Å²) < 4.78 is 19.5. The van der Waals surface area contributed by atoms with Gasteiger partial charge < -0.3 is 14.7 Å². The fourth-order valence-corrected chi connectivity index (χ4v) is 4.43. The molecule has 2 bridgehead atoms. The van der Waals surface area contributed by atoms with Gasteiger partial charge >= 0.3 is 6.09 Å². The number of rotatable bonds is 3. The van der Waals surface area contributed by atoms with Crippen molar-refractivity contribution in [3.8, 4) is 0 Å². The van der Waals surface area contributed by atoms with Crippen LogP contribution in [0.3, 0.4) is 0 Å². The first kappa shape index (κ1) is 18.0. The van der Waals surface area contributed by atoms with Crippen LogP contribution in [0, 0.1) is 12.7 Å². The molecule has 4 nitrogen and oxygen atoms in total. The van der Waals surface area contributed by atoms with Gasteiger partial charge in [0.05, 0.1) is 5.60 Å². The lowest BCUT2D eigenvalue weighted by atomic mass is 9.80. The molecular weight excluding hydrogens is 345 g/mol. The summed E-state index contributed by atoms with van der Waals surface area (Å²) in [6.07, 6.45) is 2.16. The minimum Gasteiger partial charge on any atom is -0.445 e. The Morgan fingerprint density at radius 3 is 2.48 bits per heavy atom. The van der Waals surface area contributed by atoms with Gasteiger partial charge in [-0.05, 0) is 42.5 Å². The van der Waals surface area contributed by atoms with Gasteiger partial charge in [0.25, 0.3) is 0 Å². The van der Waals surface area contributed by atoms with Gasteiger partial charge in [0, 0.05) is 24.9 Å². The molecule has 1 amide bonds. The van der Waals surface area contributed by atoms with E-state index in [2.05, 4.69) is 0 Å². The molecule has 0 saturated carbocycles. The van der Waals surface area contributed by atoms with Crippen LogP contribution in [0.15, 0.2) is 48.5 Å². The lowest BCUT2D eigenvalue weighted by Crippen LogP contribution is -2.52. The van der Waals surface area contributed by atoms with Gasteiger partial charge in [0.2, 0.25) is 0 Å². The maximum absolute atomic E-state index is 14.0. The van der Waals surface area contributed by atoms with Crippen LogP contribution < -0.4 is 0 Å². The first-order valence-electron chi connectivity index (χ1n) is 9.44. The van der Waals surface area contributed by atoms with Crippen LogP contribution >= 0.6 is 0 Å². The summed E-state index contributed by atoms with van der Waals surface area (Å²) in [6.45, 7) is 1.95. The van der Waals surface area contributed by atoms with Gasteiger partial charge in [-0.2, -0.15) is 0 Å². The fraction of sp³-hybridized carbons (Fsp3) is 0.409. The highest BCUT2D eigenvalue weighted by atomic mass is 19.1. The normalized spacial score (nSPS) is 26.9. The van der Waals surface area contributed by atoms with Gasteiger partial charge in [-0.3, -0.25) is 0 Å². The van der Waals surface area contributed by atoms with Gasteiger partial charge in [-0.25, -0.2) is 9.18 Å². The quantitative estimate of drug-likeness (QED) is 0.878. The van der Waals surface area contributed by atoms with Crippen molar-refractivity contribution in [3.05, 3.63) is 71.0 Å². The van der Waals surface area contributed by atoms with E-state index in [9.17, 15) is 14.3 Å². The minimum absolute atomic E-state index is 0.0820. The number of hydrogen-bond acceptors (Lipinski definition) is 3. The van der Waals surface area contributed by atoms with E-state index in [1.54, 1.807) is 24.0 Å². The highest BCUT2D eigenvalue weighted by Gasteiger charge is 2.50. The Hall–Kier alpha value is -2.40. The van der Waals surface area contributed by atoms with Crippen molar-refractivity contribution in [2.75, 3.05) is 0 Å². The molecule has 2 fully saturated rings. The van der Waals surface area contributed by atoms with Crippen molar-refractivity contribution < 1.29 is 19.0 Å². The number of benzene rings is 2. The number of aryl methyl sites for hydroxylation is 1. The first-order valence-corrected chi connectivity index (χ1v) is 9.44. The third-order valence-electron chi connectivity index (χ3n) is 5.89. The number of fused-ring (bicyclic) bond motifs is 2. The Balaban J connectivity index is 1.46. The van der Waals surface area contributed by atoms with Crippen LogP contribution in [0.5, 0.6) is 0 Å². The molecule has 5 heteroatoms. The lowest BCUT2D eigenvalue weighted by molar-refractivity contribution is -0.0538. The second-order valence-electron chi connectivity index (χ2n) is 7.74. The van der Waals surface area contributed by atoms with Crippen LogP contribution in [0.1, 0.15) is 42.4 Å². The highest BCUT2D eigenvalue weighted by molar-refractivity contribution is 5.69. The zero-order chi connectivity index (χ0) is 19.0. The summed E-state index contributed by atoms with van der Waals surface area (Å²) in [7, 11) is 0. The predicted molar refractivity (Wildman–Crippen MR) is 99.5 cm³/mol. The van der Waals surface area contributed by atoms with E-state index in [1.807, 2.05) is 30.3 Å². The van der Waals surface area contributed by atoms with Crippen molar-refractivity contribution in [3.63, 3.8) is 0 Å². The highest BCUT2D eigenvalue weighted by Crippen LogP contribution is 2.46. The monoisotopic (exact) mass is 369 g/mol. The molecule has 2 heterocycles. The molecule has 2 atom stereocenters. The van der Waals surface area contributed by atoms with Crippen LogP contribution in [0.25, 0.3) is 0 Å². The number of aliphatic hydroxyl groups is 1. The van der Waals surface area contributed by atoms with Gasteiger partial charge in [0.1, 0.15) is 12.4 Å². The number of nitrogens with zero attached hydrogens (tertiary/aromatic N) is 1. The number of amides is 1. The second kappa shape index (κ2) is 6.97. The van der Waals surface area contributed by atoms with Crippen molar-refractivity contribution >= 4 is 6.09 Å². The molecule has 27 heavy (non-hydrogen) atoms. The maximum Gasteiger partial charge on any atom is 0.410 e. The molecule has 2 saturated heterocycles. The van der Waals surface area contributed by atoms with Crippen molar-refractivity contribution in [2.45, 2.75) is 56.9 Å². The minimum atomic E-state index is -1.10. The van der Waals surface area contributed by atoms with Crippen molar-refractivity contribution in [2.24, 2.45) is 0 Å². The Morgan fingerprint density at radius 1 is 1.19 bits per heavy atom. The molecule has 2 aromatic rings. The zero-order valence-corrected chi connectivity index (χ0v) is 15.4. The molecule has 1 N–H and O–H groups in total.